The summed E-state index contributed by atoms with van der Waals surface area (Å²) in [4.78, 5) is 16.2. The van der Waals surface area contributed by atoms with Crippen molar-refractivity contribution in [3.63, 3.8) is 0 Å². The van der Waals surface area contributed by atoms with Crippen LogP contribution in [0.25, 0.3) is 0 Å². The molecule has 7 heteroatoms. The molecule has 0 bridgehead atoms. The van der Waals surface area contributed by atoms with Crippen LogP contribution in [-0.2, 0) is 11.3 Å². The topological polar surface area (TPSA) is 74.8 Å². The highest BCUT2D eigenvalue weighted by Gasteiger charge is 2.15. The van der Waals surface area contributed by atoms with Crippen LogP contribution in [0, 0.1) is 6.92 Å². The summed E-state index contributed by atoms with van der Waals surface area (Å²) < 4.78 is 5.41. The van der Waals surface area contributed by atoms with Crippen LogP contribution in [0.5, 0.6) is 5.75 Å². The molecule has 3 N–H and O–H groups in total. The molecule has 0 atom stereocenters. The molecule has 0 radical (unpaired) electrons. The Morgan fingerprint density at radius 2 is 1.96 bits per heavy atom. The molecule has 0 spiro atoms. The van der Waals surface area contributed by atoms with Gasteiger partial charge in [-0.15, -0.1) is 24.0 Å². The normalized spacial score (nSPS) is 15.0. The average Bonchev–Trinajstić information content (AvgIpc) is 2.63. The lowest BCUT2D eigenvalue weighted by atomic mass is 9.95. The van der Waals surface area contributed by atoms with E-state index in [9.17, 15) is 4.79 Å². The van der Waals surface area contributed by atoms with Crippen molar-refractivity contribution in [2.45, 2.75) is 51.6 Å². The third-order valence-corrected chi connectivity index (χ3v) is 4.50. The number of nitrogens with zero attached hydrogens (tertiary/aromatic N) is 1. The number of carbonyl (C=O) groups is 1. The van der Waals surface area contributed by atoms with Gasteiger partial charge in [-0.05, 0) is 31.4 Å². The SMILES string of the molecule is CN=C(NCC(=O)NC1CCCCC1)NCc1ccc(C)cc1OC.I. The quantitative estimate of drug-likeness (QED) is 0.337. The maximum atomic E-state index is 12.1. The van der Waals surface area contributed by atoms with E-state index in [1.54, 1.807) is 14.2 Å². The number of ether oxygens (including phenoxy) is 1. The molecule has 0 saturated heterocycles. The molecule has 0 aliphatic heterocycles. The summed E-state index contributed by atoms with van der Waals surface area (Å²) in [5.41, 5.74) is 2.20. The Balaban J connectivity index is 0.00000338. The molecule has 1 aromatic rings. The maximum absolute atomic E-state index is 12.1. The van der Waals surface area contributed by atoms with Gasteiger partial charge in [0.15, 0.2) is 5.96 Å². The molecule has 1 saturated carbocycles. The van der Waals surface area contributed by atoms with Gasteiger partial charge in [0.05, 0.1) is 13.7 Å². The molecule has 0 aromatic heterocycles. The Morgan fingerprint density at radius 1 is 1.23 bits per heavy atom. The van der Waals surface area contributed by atoms with Crippen LogP contribution in [-0.4, -0.2) is 38.6 Å². The number of rotatable bonds is 6. The zero-order chi connectivity index (χ0) is 18.1. The van der Waals surface area contributed by atoms with E-state index in [1.165, 1.54) is 19.3 Å². The van der Waals surface area contributed by atoms with E-state index in [2.05, 4.69) is 20.9 Å². The number of aryl methyl sites for hydroxylation is 1. The number of aliphatic imine (C=N–C) groups is 1. The van der Waals surface area contributed by atoms with Crippen molar-refractivity contribution in [1.82, 2.24) is 16.0 Å². The van der Waals surface area contributed by atoms with Crippen LogP contribution in [0.4, 0.5) is 0 Å². The summed E-state index contributed by atoms with van der Waals surface area (Å²) >= 11 is 0. The second-order valence-electron chi connectivity index (χ2n) is 6.50. The highest BCUT2D eigenvalue weighted by Crippen LogP contribution is 2.19. The van der Waals surface area contributed by atoms with E-state index < -0.39 is 0 Å². The summed E-state index contributed by atoms with van der Waals surface area (Å²) in [6.45, 7) is 2.83. The molecular formula is C19H31IN4O2. The minimum Gasteiger partial charge on any atom is -0.496 e. The average molecular weight is 474 g/mol. The molecule has 1 fully saturated rings. The Labute approximate surface area is 173 Å². The number of hydrogen-bond donors (Lipinski definition) is 3. The van der Waals surface area contributed by atoms with Gasteiger partial charge in [0.2, 0.25) is 5.91 Å². The van der Waals surface area contributed by atoms with Crippen molar-refractivity contribution in [3.05, 3.63) is 29.3 Å². The summed E-state index contributed by atoms with van der Waals surface area (Å²) in [7, 11) is 3.36. The van der Waals surface area contributed by atoms with Crippen molar-refractivity contribution in [1.29, 1.82) is 0 Å². The molecule has 146 valence electrons. The monoisotopic (exact) mass is 474 g/mol. The molecule has 26 heavy (non-hydrogen) atoms. The zero-order valence-corrected chi connectivity index (χ0v) is 18.3. The van der Waals surface area contributed by atoms with Crippen LogP contribution in [0.15, 0.2) is 23.2 Å². The van der Waals surface area contributed by atoms with Crippen molar-refractivity contribution in [2.75, 3.05) is 20.7 Å². The zero-order valence-electron chi connectivity index (χ0n) is 15.9. The first-order valence-corrected chi connectivity index (χ1v) is 8.99. The first kappa shape index (κ1) is 22.5. The van der Waals surface area contributed by atoms with Crippen molar-refractivity contribution in [2.24, 2.45) is 4.99 Å². The lowest BCUT2D eigenvalue weighted by Gasteiger charge is -2.23. The van der Waals surface area contributed by atoms with E-state index in [-0.39, 0.29) is 36.4 Å². The fourth-order valence-electron chi connectivity index (χ4n) is 3.09. The molecule has 1 aromatic carbocycles. The van der Waals surface area contributed by atoms with Crippen LogP contribution < -0.4 is 20.7 Å². The van der Waals surface area contributed by atoms with E-state index in [0.717, 1.165) is 29.7 Å². The molecule has 0 heterocycles. The van der Waals surface area contributed by atoms with Gasteiger partial charge < -0.3 is 20.7 Å². The van der Waals surface area contributed by atoms with Gasteiger partial charge in [-0.1, -0.05) is 31.4 Å². The molecular weight excluding hydrogens is 443 g/mol. The molecule has 2 rings (SSSR count). The summed E-state index contributed by atoms with van der Waals surface area (Å²) in [6, 6.07) is 6.41. The fourth-order valence-corrected chi connectivity index (χ4v) is 3.09. The summed E-state index contributed by atoms with van der Waals surface area (Å²) in [5.74, 6) is 1.46. The van der Waals surface area contributed by atoms with Gasteiger partial charge in [0.1, 0.15) is 5.75 Å². The number of carbonyl (C=O) groups excluding carboxylic acids is 1. The highest BCUT2D eigenvalue weighted by atomic mass is 127. The van der Waals surface area contributed by atoms with E-state index in [1.807, 2.05) is 25.1 Å². The number of amides is 1. The number of guanidine groups is 1. The van der Waals surface area contributed by atoms with Gasteiger partial charge in [0, 0.05) is 25.2 Å². The van der Waals surface area contributed by atoms with Crippen LogP contribution in [0.2, 0.25) is 0 Å². The predicted octanol–water partition coefficient (Wildman–Crippen LogP) is 2.74. The van der Waals surface area contributed by atoms with Crippen LogP contribution in [0.3, 0.4) is 0 Å². The number of nitrogens with one attached hydrogen (secondary N) is 3. The minimum absolute atomic E-state index is 0. The van der Waals surface area contributed by atoms with Gasteiger partial charge in [-0.2, -0.15) is 0 Å². The van der Waals surface area contributed by atoms with Gasteiger partial charge in [-0.25, -0.2) is 0 Å². The Hall–Kier alpha value is -1.51. The lowest BCUT2D eigenvalue weighted by Crippen LogP contribution is -2.45. The molecule has 6 nitrogen and oxygen atoms in total. The molecule has 1 amide bonds. The molecule has 1 aliphatic rings. The highest BCUT2D eigenvalue weighted by molar-refractivity contribution is 14.0. The third kappa shape index (κ3) is 7.39. The first-order valence-electron chi connectivity index (χ1n) is 8.99. The lowest BCUT2D eigenvalue weighted by molar-refractivity contribution is -0.120. The number of methoxy groups -OCH3 is 1. The van der Waals surface area contributed by atoms with E-state index >= 15 is 0 Å². The maximum Gasteiger partial charge on any atom is 0.239 e. The molecule has 1 aliphatic carbocycles. The smallest absolute Gasteiger partial charge is 0.239 e. The van der Waals surface area contributed by atoms with Crippen LogP contribution in [0.1, 0.15) is 43.2 Å². The standard InChI is InChI=1S/C19H30N4O2.HI/c1-14-9-10-15(17(11-14)25-3)12-21-19(20-2)22-13-18(24)23-16-7-5-4-6-8-16;/h9-11,16H,4-8,12-13H2,1-3H3,(H,23,24)(H2,20,21,22);1H. The predicted molar refractivity (Wildman–Crippen MR) is 116 cm³/mol. The van der Waals surface area contributed by atoms with Crippen molar-refractivity contribution in [3.8, 4) is 5.75 Å². The van der Waals surface area contributed by atoms with E-state index in [4.69, 9.17) is 4.74 Å². The molecule has 0 unspecified atom stereocenters. The number of halogens is 1. The fraction of sp³-hybridized carbons (Fsp3) is 0.579. The second kappa shape index (κ2) is 12.0. The Morgan fingerprint density at radius 3 is 2.62 bits per heavy atom. The summed E-state index contributed by atoms with van der Waals surface area (Å²) in [6.07, 6.45) is 5.88. The summed E-state index contributed by atoms with van der Waals surface area (Å²) in [5, 5.41) is 9.37. The second-order valence-corrected chi connectivity index (χ2v) is 6.50. The minimum atomic E-state index is 0. The van der Waals surface area contributed by atoms with Crippen molar-refractivity contribution < 1.29 is 9.53 Å². The number of hydrogen-bond acceptors (Lipinski definition) is 3. The van der Waals surface area contributed by atoms with E-state index in [0.29, 0.717) is 18.5 Å². The largest absolute Gasteiger partial charge is 0.496 e. The third-order valence-electron chi connectivity index (χ3n) is 4.50. The van der Waals surface area contributed by atoms with Crippen LogP contribution >= 0.6 is 24.0 Å². The van der Waals surface area contributed by atoms with Gasteiger partial charge in [0.25, 0.3) is 0 Å². The number of benzene rings is 1. The Bertz CT molecular complexity index is 601. The van der Waals surface area contributed by atoms with Crippen molar-refractivity contribution >= 4 is 35.8 Å². The Kier molecular flexibility index (Phi) is 10.4. The first-order chi connectivity index (χ1) is 12.1. The van der Waals surface area contributed by atoms with Gasteiger partial charge >= 0.3 is 0 Å². The van der Waals surface area contributed by atoms with Gasteiger partial charge in [-0.3, -0.25) is 9.79 Å².